The Morgan fingerprint density at radius 2 is 1.64 bits per heavy atom. The second kappa shape index (κ2) is 10.9. The fourth-order valence-corrected chi connectivity index (χ4v) is 5.17. The van der Waals surface area contributed by atoms with E-state index in [9.17, 15) is 0 Å². The Morgan fingerprint density at radius 3 is 2.18 bits per heavy atom. The highest BCUT2D eigenvalue weighted by Gasteiger charge is 2.39. The predicted octanol–water partition coefficient (Wildman–Crippen LogP) is 3.66. The van der Waals surface area contributed by atoms with Crippen molar-refractivity contribution >= 4 is 8.80 Å². The van der Waals surface area contributed by atoms with Crippen LogP contribution in [-0.2, 0) is 26.2 Å². The summed E-state index contributed by atoms with van der Waals surface area (Å²) in [5.74, 6) is 1.18. The van der Waals surface area contributed by atoms with Crippen LogP contribution in [0.3, 0.4) is 0 Å². The standard InChI is InChI=1S/C16H32N2O3Si/c1-5-9-11-16-17-12-14-18(16)13-10-15-22(19-6-2,20-7-3)21-8-4/h12,14H,5-11,13,15H2,1-4H3. The van der Waals surface area contributed by atoms with E-state index in [0.29, 0.717) is 19.8 Å². The molecule has 0 aliphatic heterocycles. The van der Waals surface area contributed by atoms with E-state index in [1.54, 1.807) is 0 Å². The summed E-state index contributed by atoms with van der Waals surface area (Å²) in [6.45, 7) is 11.1. The molecule has 22 heavy (non-hydrogen) atoms. The van der Waals surface area contributed by atoms with E-state index < -0.39 is 8.80 Å². The Morgan fingerprint density at radius 1 is 1.00 bits per heavy atom. The molecule has 0 saturated carbocycles. The highest BCUT2D eigenvalue weighted by Crippen LogP contribution is 2.19. The summed E-state index contributed by atoms with van der Waals surface area (Å²) >= 11 is 0. The lowest BCUT2D eigenvalue weighted by atomic mass is 10.2. The number of aryl methyl sites for hydroxylation is 2. The molecule has 1 aromatic heterocycles. The van der Waals surface area contributed by atoms with Crippen molar-refractivity contribution in [1.82, 2.24) is 9.55 Å². The molecule has 0 amide bonds. The molecule has 0 N–H and O–H groups in total. The second-order valence-electron chi connectivity index (χ2n) is 5.23. The number of nitrogens with zero attached hydrogens (tertiary/aromatic N) is 2. The van der Waals surface area contributed by atoms with E-state index in [4.69, 9.17) is 13.3 Å². The lowest BCUT2D eigenvalue weighted by molar-refractivity contribution is 0.0705. The molecule has 0 radical (unpaired) electrons. The van der Waals surface area contributed by atoms with Gasteiger partial charge in [-0.15, -0.1) is 0 Å². The highest BCUT2D eigenvalue weighted by molar-refractivity contribution is 6.60. The van der Waals surface area contributed by atoms with Crippen LogP contribution < -0.4 is 0 Å². The maximum atomic E-state index is 5.89. The molecular formula is C16H32N2O3Si. The Balaban J connectivity index is 2.56. The lowest BCUT2D eigenvalue weighted by Gasteiger charge is -2.28. The topological polar surface area (TPSA) is 45.5 Å². The van der Waals surface area contributed by atoms with Gasteiger partial charge < -0.3 is 17.8 Å². The van der Waals surface area contributed by atoms with Gasteiger partial charge in [0.1, 0.15) is 5.82 Å². The first-order valence-corrected chi connectivity index (χ1v) is 10.6. The number of hydrogen-bond donors (Lipinski definition) is 0. The van der Waals surface area contributed by atoms with Gasteiger partial charge in [0.2, 0.25) is 0 Å². The smallest absolute Gasteiger partial charge is 0.374 e. The summed E-state index contributed by atoms with van der Waals surface area (Å²) in [7, 11) is -2.51. The molecule has 128 valence electrons. The monoisotopic (exact) mass is 328 g/mol. The number of unbranched alkanes of at least 4 members (excludes halogenated alkanes) is 1. The van der Waals surface area contributed by atoms with Crippen LogP contribution in [0, 0.1) is 0 Å². The normalized spacial score (nSPS) is 12.0. The maximum Gasteiger partial charge on any atom is 0.500 e. The van der Waals surface area contributed by atoms with Crippen molar-refractivity contribution in [2.75, 3.05) is 19.8 Å². The van der Waals surface area contributed by atoms with Crippen LogP contribution >= 0.6 is 0 Å². The summed E-state index contributed by atoms with van der Waals surface area (Å²) < 4.78 is 19.9. The van der Waals surface area contributed by atoms with Gasteiger partial charge in [-0.05, 0) is 33.6 Å². The van der Waals surface area contributed by atoms with Gasteiger partial charge in [0, 0.05) is 51.2 Å². The minimum atomic E-state index is -2.51. The van der Waals surface area contributed by atoms with Gasteiger partial charge in [-0.1, -0.05) is 13.3 Å². The predicted molar refractivity (Wildman–Crippen MR) is 90.9 cm³/mol. The average Bonchev–Trinajstić information content (AvgIpc) is 2.93. The molecule has 1 aromatic rings. The van der Waals surface area contributed by atoms with Crippen LogP contribution in [0.25, 0.3) is 0 Å². The number of aromatic nitrogens is 2. The van der Waals surface area contributed by atoms with Gasteiger partial charge in [0.25, 0.3) is 0 Å². The largest absolute Gasteiger partial charge is 0.500 e. The van der Waals surface area contributed by atoms with Crippen molar-refractivity contribution in [3.63, 3.8) is 0 Å². The summed E-state index contributed by atoms with van der Waals surface area (Å²) in [5.41, 5.74) is 0. The first kappa shape index (κ1) is 19.4. The third-order valence-corrected chi connectivity index (χ3v) is 6.68. The maximum absolute atomic E-state index is 5.89. The minimum Gasteiger partial charge on any atom is -0.374 e. The minimum absolute atomic E-state index is 0.638. The van der Waals surface area contributed by atoms with E-state index in [1.807, 2.05) is 27.0 Å². The third-order valence-electron chi connectivity index (χ3n) is 3.53. The Bertz CT molecular complexity index is 381. The summed E-state index contributed by atoms with van der Waals surface area (Å²) in [4.78, 5) is 4.46. The summed E-state index contributed by atoms with van der Waals surface area (Å²) in [6, 6.07) is 0.855. The number of hydrogen-bond acceptors (Lipinski definition) is 4. The molecule has 1 rings (SSSR count). The molecule has 1 heterocycles. The van der Waals surface area contributed by atoms with Gasteiger partial charge in [0.05, 0.1) is 0 Å². The van der Waals surface area contributed by atoms with E-state index >= 15 is 0 Å². The molecule has 0 fully saturated rings. The fourth-order valence-electron chi connectivity index (χ4n) is 2.57. The fraction of sp³-hybridized carbons (Fsp3) is 0.812. The van der Waals surface area contributed by atoms with E-state index in [1.165, 1.54) is 18.7 Å². The van der Waals surface area contributed by atoms with Crippen molar-refractivity contribution in [2.45, 2.75) is 66.0 Å². The van der Waals surface area contributed by atoms with Crippen LogP contribution in [0.4, 0.5) is 0 Å². The van der Waals surface area contributed by atoms with E-state index in [2.05, 4.69) is 22.7 Å². The SMILES string of the molecule is CCCCc1nccn1CCC[Si](OCC)(OCC)OCC. The van der Waals surface area contributed by atoms with Crippen molar-refractivity contribution in [3.05, 3.63) is 18.2 Å². The van der Waals surface area contributed by atoms with Crippen LogP contribution in [0.5, 0.6) is 0 Å². The molecule has 0 aliphatic carbocycles. The van der Waals surface area contributed by atoms with Gasteiger partial charge in [0.15, 0.2) is 0 Å². The summed E-state index contributed by atoms with van der Waals surface area (Å²) in [6.07, 6.45) is 8.38. The molecule has 0 saturated heterocycles. The summed E-state index contributed by atoms with van der Waals surface area (Å²) in [5, 5.41) is 0. The zero-order valence-corrected chi connectivity index (χ0v) is 15.6. The Labute approximate surface area is 136 Å². The van der Waals surface area contributed by atoms with Crippen LogP contribution in [0.1, 0.15) is 52.8 Å². The quantitative estimate of drug-likeness (QED) is 0.518. The van der Waals surface area contributed by atoms with Crippen molar-refractivity contribution in [3.8, 4) is 0 Å². The van der Waals surface area contributed by atoms with Crippen LogP contribution in [0.2, 0.25) is 6.04 Å². The Kier molecular flexibility index (Phi) is 9.62. The first-order valence-electron chi connectivity index (χ1n) is 8.63. The van der Waals surface area contributed by atoms with Crippen molar-refractivity contribution < 1.29 is 13.3 Å². The number of rotatable bonds is 13. The zero-order chi connectivity index (χ0) is 16.3. The molecule has 0 atom stereocenters. The third kappa shape index (κ3) is 6.20. The molecule has 6 heteroatoms. The van der Waals surface area contributed by atoms with Crippen LogP contribution in [0.15, 0.2) is 12.4 Å². The average molecular weight is 329 g/mol. The first-order chi connectivity index (χ1) is 10.7. The van der Waals surface area contributed by atoms with Gasteiger partial charge in [-0.2, -0.15) is 0 Å². The van der Waals surface area contributed by atoms with Gasteiger partial charge in [-0.3, -0.25) is 0 Å². The Hall–Kier alpha value is -0.693. The molecule has 0 aliphatic rings. The molecule has 5 nitrogen and oxygen atoms in total. The molecule has 0 aromatic carbocycles. The van der Waals surface area contributed by atoms with E-state index in [0.717, 1.165) is 25.4 Å². The van der Waals surface area contributed by atoms with Gasteiger partial charge >= 0.3 is 8.80 Å². The number of imidazole rings is 1. The zero-order valence-electron chi connectivity index (χ0n) is 14.6. The van der Waals surface area contributed by atoms with Gasteiger partial charge in [-0.25, -0.2) is 4.98 Å². The lowest BCUT2D eigenvalue weighted by Crippen LogP contribution is -2.46. The van der Waals surface area contributed by atoms with Crippen molar-refractivity contribution in [2.24, 2.45) is 0 Å². The van der Waals surface area contributed by atoms with E-state index in [-0.39, 0.29) is 0 Å². The molecule has 0 bridgehead atoms. The van der Waals surface area contributed by atoms with Crippen LogP contribution in [-0.4, -0.2) is 38.2 Å². The van der Waals surface area contributed by atoms with Crippen molar-refractivity contribution in [1.29, 1.82) is 0 Å². The molecule has 0 unspecified atom stereocenters. The highest BCUT2D eigenvalue weighted by atomic mass is 28.4. The molecular weight excluding hydrogens is 296 g/mol. The molecule has 0 spiro atoms. The second-order valence-corrected chi connectivity index (χ2v) is 7.96.